The van der Waals surface area contributed by atoms with E-state index >= 15 is 0 Å². The standard InChI is InChI=1S/C24H29N3O2/c1-17-6-11-21(18(2)16-17)26-23(29)24(12-13-24)22(28)25-19-7-9-20(10-8-19)27-14-4-3-5-15-27/h6-11,16H,3-5,12-15H2,1-2H3,(H,25,28)(H,26,29). The summed E-state index contributed by atoms with van der Waals surface area (Å²) in [7, 11) is 0. The van der Waals surface area contributed by atoms with Gasteiger partial charge in [0.15, 0.2) is 0 Å². The SMILES string of the molecule is Cc1ccc(NC(=O)C2(C(=O)Nc3ccc(N4CCCCC4)cc3)CC2)c(C)c1. The van der Waals surface area contributed by atoms with E-state index in [9.17, 15) is 9.59 Å². The zero-order valence-electron chi connectivity index (χ0n) is 17.3. The summed E-state index contributed by atoms with van der Waals surface area (Å²) in [6.07, 6.45) is 4.94. The van der Waals surface area contributed by atoms with Gasteiger partial charge in [-0.1, -0.05) is 17.7 Å². The molecule has 1 heterocycles. The van der Waals surface area contributed by atoms with Crippen molar-refractivity contribution in [3.63, 3.8) is 0 Å². The quantitative estimate of drug-likeness (QED) is 0.729. The van der Waals surface area contributed by atoms with Crippen LogP contribution in [0.15, 0.2) is 42.5 Å². The molecule has 1 aliphatic heterocycles. The number of carbonyl (C=O) groups is 2. The first-order chi connectivity index (χ1) is 14.0. The molecule has 2 fully saturated rings. The fourth-order valence-electron chi connectivity index (χ4n) is 4.04. The predicted molar refractivity (Wildman–Crippen MR) is 117 cm³/mol. The number of hydrogen-bond acceptors (Lipinski definition) is 3. The number of aryl methyl sites for hydroxylation is 2. The number of amides is 2. The predicted octanol–water partition coefficient (Wildman–Crippen LogP) is 4.65. The lowest BCUT2D eigenvalue weighted by Crippen LogP contribution is -2.35. The monoisotopic (exact) mass is 391 g/mol. The van der Waals surface area contributed by atoms with Gasteiger partial charge in [-0.2, -0.15) is 0 Å². The Kier molecular flexibility index (Phi) is 5.31. The molecule has 2 aliphatic rings. The molecule has 2 aromatic rings. The van der Waals surface area contributed by atoms with Gasteiger partial charge in [0.05, 0.1) is 0 Å². The van der Waals surface area contributed by atoms with Gasteiger partial charge in [-0.15, -0.1) is 0 Å². The summed E-state index contributed by atoms with van der Waals surface area (Å²) < 4.78 is 0. The van der Waals surface area contributed by atoms with E-state index in [0.717, 1.165) is 35.6 Å². The molecule has 0 aromatic heterocycles. The number of nitrogens with zero attached hydrogens (tertiary/aromatic N) is 1. The Labute approximate surface area is 172 Å². The molecule has 0 atom stereocenters. The van der Waals surface area contributed by atoms with E-state index in [1.807, 2.05) is 44.2 Å². The van der Waals surface area contributed by atoms with Crippen molar-refractivity contribution in [1.29, 1.82) is 0 Å². The Morgan fingerprint density at radius 1 is 0.862 bits per heavy atom. The Morgan fingerprint density at radius 3 is 2.14 bits per heavy atom. The van der Waals surface area contributed by atoms with E-state index in [-0.39, 0.29) is 11.8 Å². The Morgan fingerprint density at radius 2 is 1.52 bits per heavy atom. The third-order valence-corrected chi connectivity index (χ3v) is 6.10. The summed E-state index contributed by atoms with van der Waals surface area (Å²) in [5, 5.41) is 5.90. The molecule has 29 heavy (non-hydrogen) atoms. The lowest BCUT2D eigenvalue weighted by molar-refractivity contribution is -0.131. The maximum atomic E-state index is 12.9. The Balaban J connectivity index is 1.40. The van der Waals surface area contributed by atoms with Crippen molar-refractivity contribution in [1.82, 2.24) is 0 Å². The van der Waals surface area contributed by atoms with Gasteiger partial charge < -0.3 is 15.5 Å². The lowest BCUT2D eigenvalue weighted by atomic mass is 10.0. The lowest BCUT2D eigenvalue weighted by Gasteiger charge is -2.28. The minimum absolute atomic E-state index is 0.216. The first kappa shape index (κ1) is 19.5. The second-order valence-electron chi connectivity index (χ2n) is 8.40. The number of anilines is 3. The van der Waals surface area contributed by atoms with Crippen LogP contribution in [0.1, 0.15) is 43.2 Å². The van der Waals surface area contributed by atoms with Crippen LogP contribution in [0.4, 0.5) is 17.1 Å². The van der Waals surface area contributed by atoms with Crippen LogP contribution in [0.25, 0.3) is 0 Å². The minimum Gasteiger partial charge on any atom is -0.372 e. The molecule has 0 bridgehead atoms. The molecule has 0 radical (unpaired) electrons. The van der Waals surface area contributed by atoms with E-state index in [0.29, 0.717) is 12.8 Å². The second-order valence-corrected chi connectivity index (χ2v) is 8.40. The molecular formula is C24H29N3O2. The molecule has 0 spiro atoms. The highest BCUT2D eigenvalue weighted by molar-refractivity contribution is 6.17. The van der Waals surface area contributed by atoms with E-state index in [4.69, 9.17) is 0 Å². The first-order valence-electron chi connectivity index (χ1n) is 10.5. The molecule has 1 saturated heterocycles. The average Bonchev–Trinajstić information content (AvgIpc) is 3.53. The van der Waals surface area contributed by atoms with Gasteiger partial charge in [0.2, 0.25) is 11.8 Å². The van der Waals surface area contributed by atoms with Crippen molar-refractivity contribution in [2.24, 2.45) is 5.41 Å². The highest BCUT2D eigenvalue weighted by atomic mass is 16.2. The van der Waals surface area contributed by atoms with Crippen LogP contribution in [-0.2, 0) is 9.59 Å². The van der Waals surface area contributed by atoms with Crippen molar-refractivity contribution in [3.05, 3.63) is 53.6 Å². The zero-order valence-corrected chi connectivity index (χ0v) is 17.3. The maximum Gasteiger partial charge on any atom is 0.240 e. The molecule has 0 unspecified atom stereocenters. The highest BCUT2D eigenvalue weighted by Crippen LogP contribution is 2.47. The van der Waals surface area contributed by atoms with Gasteiger partial charge in [0.25, 0.3) is 0 Å². The summed E-state index contributed by atoms with van der Waals surface area (Å²) in [6, 6.07) is 13.9. The fraction of sp³-hybridized carbons (Fsp3) is 0.417. The Bertz CT molecular complexity index is 910. The van der Waals surface area contributed by atoms with Crippen molar-refractivity contribution in [3.8, 4) is 0 Å². The molecule has 2 N–H and O–H groups in total. The largest absolute Gasteiger partial charge is 0.372 e. The number of hydrogen-bond donors (Lipinski definition) is 2. The van der Waals surface area contributed by atoms with Crippen LogP contribution in [0, 0.1) is 19.3 Å². The molecule has 1 aliphatic carbocycles. The third-order valence-electron chi connectivity index (χ3n) is 6.10. The summed E-state index contributed by atoms with van der Waals surface area (Å²) in [6.45, 7) is 6.16. The van der Waals surface area contributed by atoms with Gasteiger partial charge in [-0.3, -0.25) is 9.59 Å². The number of rotatable bonds is 5. The first-order valence-corrected chi connectivity index (χ1v) is 10.5. The number of carbonyl (C=O) groups excluding carboxylic acids is 2. The molecule has 5 nitrogen and oxygen atoms in total. The Hall–Kier alpha value is -2.82. The van der Waals surface area contributed by atoms with E-state index in [1.165, 1.54) is 24.9 Å². The van der Waals surface area contributed by atoms with E-state index < -0.39 is 5.41 Å². The average molecular weight is 392 g/mol. The van der Waals surface area contributed by atoms with Crippen LogP contribution in [-0.4, -0.2) is 24.9 Å². The molecule has 2 amide bonds. The van der Waals surface area contributed by atoms with Crippen molar-refractivity contribution in [2.45, 2.75) is 46.0 Å². The summed E-state index contributed by atoms with van der Waals surface area (Å²) in [4.78, 5) is 28.1. The van der Waals surface area contributed by atoms with Crippen molar-refractivity contribution < 1.29 is 9.59 Å². The summed E-state index contributed by atoms with van der Waals surface area (Å²) in [5.74, 6) is -0.433. The number of benzene rings is 2. The molecule has 5 heteroatoms. The number of piperidine rings is 1. The van der Waals surface area contributed by atoms with Gasteiger partial charge in [0.1, 0.15) is 5.41 Å². The molecule has 4 rings (SSSR count). The van der Waals surface area contributed by atoms with Crippen molar-refractivity contribution >= 4 is 28.9 Å². The van der Waals surface area contributed by atoms with Crippen LogP contribution < -0.4 is 15.5 Å². The second kappa shape index (κ2) is 7.90. The van der Waals surface area contributed by atoms with Crippen molar-refractivity contribution in [2.75, 3.05) is 28.6 Å². The smallest absolute Gasteiger partial charge is 0.240 e. The van der Waals surface area contributed by atoms with Gasteiger partial charge >= 0.3 is 0 Å². The normalized spacial score (nSPS) is 17.5. The van der Waals surface area contributed by atoms with Gasteiger partial charge in [-0.05, 0) is 81.8 Å². The molecular weight excluding hydrogens is 362 g/mol. The third kappa shape index (κ3) is 4.14. The maximum absolute atomic E-state index is 12.9. The van der Waals surface area contributed by atoms with E-state index in [1.54, 1.807) is 0 Å². The minimum atomic E-state index is -0.955. The van der Waals surface area contributed by atoms with Crippen LogP contribution in [0.2, 0.25) is 0 Å². The highest BCUT2D eigenvalue weighted by Gasteiger charge is 2.56. The molecule has 1 saturated carbocycles. The fourth-order valence-corrected chi connectivity index (χ4v) is 4.04. The van der Waals surface area contributed by atoms with Gasteiger partial charge in [-0.25, -0.2) is 0 Å². The van der Waals surface area contributed by atoms with Crippen LogP contribution >= 0.6 is 0 Å². The summed E-state index contributed by atoms with van der Waals surface area (Å²) in [5.41, 5.74) is 3.89. The number of nitrogens with one attached hydrogen (secondary N) is 2. The molecule has 2 aromatic carbocycles. The van der Waals surface area contributed by atoms with Crippen LogP contribution in [0.5, 0.6) is 0 Å². The topological polar surface area (TPSA) is 61.4 Å². The van der Waals surface area contributed by atoms with Crippen LogP contribution in [0.3, 0.4) is 0 Å². The summed E-state index contributed by atoms with van der Waals surface area (Å²) >= 11 is 0. The zero-order chi connectivity index (χ0) is 20.4. The molecule has 152 valence electrons. The van der Waals surface area contributed by atoms with E-state index in [2.05, 4.69) is 27.7 Å². The van der Waals surface area contributed by atoms with Gasteiger partial charge in [0, 0.05) is 30.2 Å².